The number of likely N-dealkylation sites (tertiary alicyclic amines) is 3. The Hall–Kier alpha value is -1.89. The molecule has 2 amide bonds. The van der Waals surface area contributed by atoms with Gasteiger partial charge in [0.2, 0.25) is 5.91 Å². The van der Waals surface area contributed by atoms with E-state index in [1.54, 1.807) is 10.7 Å². The van der Waals surface area contributed by atoms with Crippen molar-refractivity contribution in [1.82, 2.24) is 24.5 Å². The molecule has 27 heavy (non-hydrogen) atoms. The van der Waals surface area contributed by atoms with Gasteiger partial charge in [-0.15, -0.1) is 0 Å². The van der Waals surface area contributed by atoms with Gasteiger partial charge in [0.1, 0.15) is 5.69 Å². The Morgan fingerprint density at radius 1 is 0.963 bits per heavy atom. The highest BCUT2D eigenvalue weighted by atomic mass is 16.2. The highest BCUT2D eigenvalue weighted by molar-refractivity contribution is 5.92. The molecule has 3 aliphatic rings. The van der Waals surface area contributed by atoms with E-state index in [0.717, 1.165) is 77.8 Å². The topological polar surface area (TPSA) is 61.7 Å². The third kappa shape index (κ3) is 4.03. The van der Waals surface area contributed by atoms with Crippen LogP contribution in [0.15, 0.2) is 12.3 Å². The summed E-state index contributed by atoms with van der Waals surface area (Å²) >= 11 is 0. The number of aromatic nitrogens is 2. The van der Waals surface area contributed by atoms with Crippen LogP contribution in [0.3, 0.4) is 0 Å². The summed E-state index contributed by atoms with van der Waals surface area (Å²) in [5.74, 6) is 0.583. The third-order valence-electron chi connectivity index (χ3n) is 6.42. The minimum absolute atomic E-state index is 0.0368. The van der Waals surface area contributed by atoms with Gasteiger partial charge in [-0.2, -0.15) is 5.10 Å². The van der Waals surface area contributed by atoms with Crippen LogP contribution in [0.5, 0.6) is 0 Å². The predicted octanol–water partition coefficient (Wildman–Crippen LogP) is 1.36. The standard InChI is InChI=1S/C20H31N5O2/c1-22-12-8-18(21-22)20(27)24-13-6-17(7-14-24)25-11-4-5-16(15-25)19(26)23-9-2-3-10-23/h8,12,16-17H,2-7,9-11,13-15H2,1H3/t16-/m1/s1. The Morgan fingerprint density at radius 3 is 2.37 bits per heavy atom. The number of rotatable bonds is 3. The Balaban J connectivity index is 1.30. The fourth-order valence-corrected chi connectivity index (χ4v) is 4.86. The Labute approximate surface area is 161 Å². The van der Waals surface area contributed by atoms with E-state index < -0.39 is 0 Å². The van der Waals surface area contributed by atoms with E-state index >= 15 is 0 Å². The molecule has 3 fully saturated rings. The molecular formula is C20H31N5O2. The van der Waals surface area contributed by atoms with Crippen molar-refractivity contribution >= 4 is 11.8 Å². The predicted molar refractivity (Wildman–Crippen MR) is 102 cm³/mol. The quantitative estimate of drug-likeness (QED) is 0.803. The maximum absolute atomic E-state index is 12.8. The van der Waals surface area contributed by atoms with Gasteiger partial charge in [-0.25, -0.2) is 0 Å². The second kappa shape index (κ2) is 8.00. The van der Waals surface area contributed by atoms with Crippen LogP contribution < -0.4 is 0 Å². The Morgan fingerprint density at radius 2 is 1.70 bits per heavy atom. The van der Waals surface area contributed by atoms with Gasteiger partial charge >= 0.3 is 0 Å². The number of amides is 2. The molecule has 7 heteroatoms. The number of hydrogen-bond acceptors (Lipinski definition) is 4. The minimum atomic E-state index is 0.0368. The first kappa shape index (κ1) is 18.5. The van der Waals surface area contributed by atoms with Crippen LogP contribution in [-0.4, -0.2) is 81.6 Å². The smallest absolute Gasteiger partial charge is 0.274 e. The second-order valence-corrected chi connectivity index (χ2v) is 8.26. The zero-order valence-electron chi connectivity index (χ0n) is 16.3. The molecule has 0 unspecified atom stereocenters. The molecule has 0 spiro atoms. The average molecular weight is 374 g/mol. The second-order valence-electron chi connectivity index (χ2n) is 8.26. The van der Waals surface area contributed by atoms with E-state index in [1.807, 2.05) is 18.1 Å². The van der Waals surface area contributed by atoms with Crippen LogP contribution >= 0.6 is 0 Å². The van der Waals surface area contributed by atoms with Crippen molar-refractivity contribution in [3.63, 3.8) is 0 Å². The van der Waals surface area contributed by atoms with Gasteiger partial charge in [-0.3, -0.25) is 19.2 Å². The number of aryl methyl sites for hydroxylation is 1. The van der Waals surface area contributed by atoms with Crippen molar-refractivity contribution < 1.29 is 9.59 Å². The lowest BCUT2D eigenvalue weighted by Crippen LogP contribution is -2.51. The summed E-state index contributed by atoms with van der Waals surface area (Å²) < 4.78 is 1.67. The summed E-state index contributed by atoms with van der Waals surface area (Å²) in [6.07, 6.45) is 8.24. The molecule has 0 aliphatic carbocycles. The third-order valence-corrected chi connectivity index (χ3v) is 6.42. The van der Waals surface area contributed by atoms with Crippen LogP contribution in [0.1, 0.15) is 49.0 Å². The van der Waals surface area contributed by atoms with Crippen LogP contribution in [-0.2, 0) is 11.8 Å². The zero-order valence-corrected chi connectivity index (χ0v) is 16.3. The van der Waals surface area contributed by atoms with Crippen LogP contribution in [0.25, 0.3) is 0 Å². The molecule has 3 saturated heterocycles. The molecule has 0 radical (unpaired) electrons. The molecule has 1 aromatic rings. The molecule has 4 rings (SSSR count). The van der Waals surface area contributed by atoms with E-state index in [1.165, 1.54) is 0 Å². The van der Waals surface area contributed by atoms with Gasteiger partial charge in [0.05, 0.1) is 5.92 Å². The van der Waals surface area contributed by atoms with Crippen LogP contribution in [0.4, 0.5) is 0 Å². The highest BCUT2D eigenvalue weighted by Crippen LogP contribution is 2.26. The van der Waals surface area contributed by atoms with E-state index in [2.05, 4.69) is 14.9 Å². The van der Waals surface area contributed by atoms with E-state index in [0.29, 0.717) is 17.6 Å². The van der Waals surface area contributed by atoms with Crippen molar-refractivity contribution in [3.8, 4) is 0 Å². The number of hydrogen-bond donors (Lipinski definition) is 0. The van der Waals surface area contributed by atoms with Crippen LogP contribution in [0, 0.1) is 5.92 Å². The van der Waals surface area contributed by atoms with Crippen molar-refractivity contribution in [1.29, 1.82) is 0 Å². The molecule has 0 saturated carbocycles. The van der Waals surface area contributed by atoms with E-state index in [-0.39, 0.29) is 11.8 Å². The molecule has 0 N–H and O–H groups in total. The van der Waals surface area contributed by atoms with E-state index in [9.17, 15) is 9.59 Å². The molecule has 0 aromatic carbocycles. The number of nitrogens with zero attached hydrogens (tertiary/aromatic N) is 5. The van der Waals surface area contributed by atoms with Gasteiger partial charge in [0, 0.05) is 52.0 Å². The normalized spacial score (nSPS) is 25.1. The lowest BCUT2D eigenvalue weighted by Gasteiger charge is -2.42. The van der Waals surface area contributed by atoms with Gasteiger partial charge in [-0.1, -0.05) is 0 Å². The summed E-state index contributed by atoms with van der Waals surface area (Å²) in [4.78, 5) is 31.9. The van der Waals surface area contributed by atoms with Gasteiger partial charge in [0.25, 0.3) is 5.91 Å². The fraction of sp³-hybridized carbons (Fsp3) is 0.750. The van der Waals surface area contributed by atoms with E-state index in [4.69, 9.17) is 0 Å². The molecule has 0 bridgehead atoms. The molecule has 3 aliphatic heterocycles. The molecule has 1 atom stereocenters. The van der Waals surface area contributed by atoms with Crippen molar-refractivity contribution in [2.75, 3.05) is 39.3 Å². The number of piperidine rings is 2. The summed E-state index contributed by atoms with van der Waals surface area (Å²) in [6, 6.07) is 2.28. The molecular weight excluding hydrogens is 342 g/mol. The van der Waals surface area contributed by atoms with Gasteiger partial charge in [0.15, 0.2) is 0 Å². The molecule has 4 heterocycles. The number of carbonyl (C=O) groups excluding carboxylic acids is 2. The van der Waals surface area contributed by atoms with Crippen molar-refractivity contribution in [2.45, 2.75) is 44.6 Å². The zero-order chi connectivity index (χ0) is 18.8. The highest BCUT2D eigenvalue weighted by Gasteiger charge is 2.34. The summed E-state index contributed by atoms with van der Waals surface area (Å²) in [6.45, 7) is 5.44. The molecule has 7 nitrogen and oxygen atoms in total. The minimum Gasteiger partial charge on any atom is -0.342 e. The fourth-order valence-electron chi connectivity index (χ4n) is 4.86. The maximum atomic E-state index is 12.8. The first-order valence-corrected chi connectivity index (χ1v) is 10.4. The van der Waals surface area contributed by atoms with Crippen molar-refractivity contribution in [3.05, 3.63) is 18.0 Å². The SMILES string of the molecule is Cn1ccc(C(=O)N2CCC(N3CCC[C@@H](C(=O)N4CCCC4)C3)CC2)n1. The van der Waals surface area contributed by atoms with Crippen molar-refractivity contribution in [2.24, 2.45) is 13.0 Å². The largest absolute Gasteiger partial charge is 0.342 e. The summed E-state index contributed by atoms with van der Waals surface area (Å²) in [7, 11) is 1.83. The number of carbonyl (C=O) groups is 2. The van der Waals surface area contributed by atoms with Gasteiger partial charge < -0.3 is 9.80 Å². The first-order valence-electron chi connectivity index (χ1n) is 10.4. The summed E-state index contributed by atoms with van der Waals surface area (Å²) in [5, 5.41) is 4.23. The Bertz CT molecular complexity index is 674. The molecule has 1 aromatic heterocycles. The average Bonchev–Trinajstić information content (AvgIpc) is 3.39. The monoisotopic (exact) mass is 373 g/mol. The van der Waals surface area contributed by atoms with Gasteiger partial charge in [-0.05, 0) is 51.1 Å². The lowest BCUT2D eigenvalue weighted by molar-refractivity contribution is -0.136. The summed E-state index contributed by atoms with van der Waals surface area (Å²) in [5.41, 5.74) is 0.533. The lowest BCUT2D eigenvalue weighted by atomic mass is 9.93. The van der Waals surface area contributed by atoms with Crippen LogP contribution in [0.2, 0.25) is 0 Å². The maximum Gasteiger partial charge on any atom is 0.274 e. The first-order chi connectivity index (χ1) is 13.1. The molecule has 148 valence electrons. The Kier molecular flexibility index (Phi) is 5.48.